The van der Waals surface area contributed by atoms with Crippen molar-refractivity contribution in [3.05, 3.63) is 45.2 Å². The Bertz CT molecular complexity index is 572. The van der Waals surface area contributed by atoms with Crippen molar-refractivity contribution in [1.82, 2.24) is 0 Å². The number of aryl methyl sites for hydroxylation is 1. The van der Waals surface area contributed by atoms with Crippen LogP contribution in [0.3, 0.4) is 0 Å². The van der Waals surface area contributed by atoms with Crippen molar-refractivity contribution in [2.24, 2.45) is 0 Å². The molecule has 2 aromatic rings. The van der Waals surface area contributed by atoms with Gasteiger partial charge in [0.2, 0.25) is 0 Å². The molecule has 0 aliphatic carbocycles. The van der Waals surface area contributed by atoms with E-state index < -0.39 is 0 Å². The summed E-state index contributed by atoms with van der Waals surface area (Å²) in [5.41, 5.74) is 2.38. The molecule has 0 aliphatic rings. The second-order valence-corrected chi connectivity index (χ2v) is 6.24. The van der Waals surface area contributed by atoms with E-state index in [0.29, 0.717) is 6.42 Å². The van der Waals surface area contributed by atoms with Crippen molar-refractivity contribution >= 4 is 33.0 Å². The number of rotatable bonds is 4. The van der Waals surface area contributed by atoms with Crippen LogP contribution in [-0.2, 0) is 0 Å². The number of hydrogen-bond acceptors (Lipinski definition) is 2. The van der Waals surface area contributed by atoms with Gasteiger partial charge in [-0.25, -0.2) is 0 Å². The van der Waals surface area contributed by atoms with Gasteiger partial charge in [0.05, 0.1) is 4.88 Å². The lowest BCUT2D eigenvalue weighted by molar-refractivity contribution is 0.0985. The lowest BCUT2D eigenvalue weighted by atomic mass is 10.1. The van der Waals surface area contributed by atoms with E-state index in [1.54, 1.807) is 11.3 Å². The summed E-state index contributed by atoms with van der Waals surface area (Å²) in [7, 11) is 0. The molecule has 2 rings (SSSR count). The summed E-state index contributed by atoms with van der Waals surface area (Å²) < 4.78 is 1.11. The molecule has 1 aromatic heterocycles. The largest absolute Gasteiger partial charge is 0.293 e. The van der Waals surface area contributed by atoms with E-state index in [4.69, 9.17) is 0 Å². The van der Waals surface area contributed by atoms with Gasteiger partial charge in [0.25, 0.3) is 0 Å². The molecule has 0 spiro atoms. The van der Waals surface area contributed by atoms with Gasteiger partial charge in [0.1, 0.15) is 0 Å². The Hall–Kier alpha value is -0.930. The summed E-state index contributed by atoms with van der Waals surface area (Å²) in [6.07, 6.45) is 1.54. The number of benzene rings is 1. The molecular weight excluding hydrogens is 308 g/mol. The first-order valence-electron chi connectivity index (χ1n) is 6.01. The maximum absolute atomic E-state index is 11.8. The van der Waals surface area contributed by atoms with Crippen molar-refractivity contribution in [2.45, 2.75) is 26.7 Å². The van der Waals surface area contributed by atoms with Gasteiger partial charge >= 0.3 is 0 Å². The Morgan fingerprint density at radius 2 is 2.06 bits per heavy atom. The van der Waals surface area contributed by atoms with Gasteiger partial charge < -0.3 is 0 Å². The summed E-state index contributed by atoms with van der Waals surface area (Å²) in [5.74, 6) is 0.250. The maximum Gasteiger partial charge on any atom is 0.172 e. The van der Waals surface area contributed by atoms with E-state index in [1.807, 2.05) is 19.1 Å². The van der Waals surface area contributed by atoms with Crippen molar-refractivity contribution in [3.8, 4) is 10.4 Å². The molecule has 1 aromatic carbocycles. The maximum atomic E-state index is 11.8. The fourth-order valence-corrected chi connectivity index (χ4v) is 3.09. The molecule has 0 bridgehead atoms. The van der Waals surface area contributed by atoms with E-state index in [1.165, 1.54) is 5.56 Å². The zero-order chi connectivity index (χ0) is 13.1. The first-order valence-corrected chi connectivity index (χ1v) is 7.62. The summed E-state index contributed by atoms with van der Waals surface area (Å²) in [4.78, 5) is 13.8. The highest BCUT2D eigenvalue weighted by Gasteiger charge is 2.09. The van der Waals surface area contributed by atoms with Crippen LogP contribution in [0.15, 0.2) is 34.8 Å². The third-order valence-corrected chi connectivity index (χ3v) is 4.84. The fourth-order valence-electron chi connectivity index (χ4n) is 1.74. The zero-order valence-corrected chi connectivity index (χ0v) is 12.9. The van der Waals surface area contributed by atoms with Crippen LogP contribution in [-0.4, -0.2) is 5.78 Å². The lowest BCUT2D eigenvalue weighted by Gasteiger charge is -2.01. The predicted octanol–water partition coefficient (Wildman–Crippen LogP) is 5.47. The highest BCUT2D eigenvalue weighted by molar-refractivity contribution is 9.10. The van der Waals surface area contributed by atoms with Crippen LogP contribution >= 0.6 is 27.3 Å². The average molecular weight is 323 g/mol. The smallest absolute Gasteiger partial charge is 0.172 e. The van der Waals surface area contributed by atoms with Gasteiger partial charge in [-0.3, -0.25) is 4.79 Å². The van der Waals surface area contributed by atoms with Crippen molar-refractivity contribution in [2.75, 3.05) is 0 Å². The number of ketones is 1. The topological polar surface area (TPSA) is 17.1 Å². The van der Waals surface area contributed by atoms with Crippen LogP contribution < -0.4 is 0 Å². The van der Waals surface area contributed by atoms with E-state index in [9.17, 15) is 4.79 Å². The fraction of sp³-hybridized carbons (Fsp3) is 0.267. The number of Topliss-reactive ketones (excluding diaryl/α,β-unsaturated/α-hetero) is 1. The summed E-state index contributed by atoms with van der Waals surface area (Å²) in [6.45, 7) is 4.10. The van der Waals surface area contributed by atoms with E-state index in [0.717, 1.165) is 26.2 Å². The molecule has 0 unspecified atom stereocenters. The minimum atomic E-state index is 0.250. The molecule has 0 amide bonds. The quantitative estimate of drug-likeness (QED) is 0.682. The molecule has 0 N–H and O–H groups in total. The van der Waals surface area contributed by atoms with Crippen LogP contribution in [0.4, 0.5) is 0 Å². The predicted molar refractivity (Wildman–Crippen MR) is 81.4 cm³/mol. The summed E-state index contributed by atoms with van der Waals surface area (Å²) >= 11 is 5.12. The first-order chi connectivity index (χ1) is 8.61. The van der Waals surface area contributed by atoms with Crippen LogP contribution in [0.5, 0.6) is 0 Å². The standard InChI is InChI=1S/C15H15BrOS/c1-3-4-13(17)15-8-7-14(18-15)11-6-5-10(2)12(16)9-11/h5-9H,3-4H2,1-2H3. The van der Waals surface area contributed by atoms with Crippen molar-refractivity contribution in [1.29, 1.82) is 0 Å². The highest BCUT2D eigenvalue weighted by atomic mass is 79.9. The van der Waals surface area contributed by atoms with E-state index >= 15 is 0 Å². The summed E-state index contributed by atoms with van der Waals surface area (Å²) in [5, 5.41) is 0. The monoisotopic (exact) mass is 322 g/mol. The van der Waals surface area contributed by atoms with E-state index in [-0.39, 0.29) is 5.78 Å². The highest BCUT2D eigenvalue weighted by Crippen LogP contribution is 2.31. The molecular formula is C15H15BrOS. The number of hydrogen-bond donors (Lipinski definition) is 0. The van der Waals surface area contributed by atoms with Crippen LogP contribution in [0, 0.1) is 6.92 Å². The van der Waals surface area contributed by atoms with Crippen LogP contribution in [0.2, 0.25) is 0 Å². The van der Waals surface area contributed by atoms with Gasteiger partial charge in [-0.15, -0.1) is 11.3 Å². The Labute approximate surface area is 120 Å². The number of thiophene rings is 1. The lowest BCUT2D eigenvalue weighted by Crippen LogP contribution is -1.93. The minimum absolute atomic E-state index is 0.250. The van der Waals surface area contributed by atoms with Gasteiger partial charge in [0, 0.05) is 15.8 Å². The molecule has 0 fully saturated rings. The van der Waals surface area contributed by atoms with Crippen molar-refractivity contribution in [3.63, 3.8) is 0 Å². The molecule has 0 radical (unpaired) electrons. The van der Waals surface area contributed by atoms with Crippen molar-refractivity contribution < 1.29 is 4.79 Å². The van der Waals surface area contributed by atoms with Gasteiger partial charge in [-0.2, -0.15) is 0 Å². The summed E-state index contributed by atoms with van der Waals surface area (Å²) in [6, 6.07) is 10.3. The SMILES string of the molecule is CCCC(=O)c1ccc(-c2ccc(C)c(Br)c2)s1. The van der Waals surface area contributed by atoms with E-state index in [2.05, 4.69) is 41.1 Å². The normalized spacial score (nSPS) is 10.6. The molecule has 0 aliphatic heterocycles. The number of carbonyl (C=O) groups excluding carboxylic acids is 1. The molecule has 1 heterocycles. The molecule has 1 nitrogen and oxygen atoms in total. The van der Waals surface area contributed by atoms with Gasteiger partial charge in [-0.05, 0) is 42.7 Å². The second kappa shape index (κ2) is 5.81. The second-order valence-electron chi connectivity index (χ2n) is 4.30. The Morgan fingerprint density at radius 1 is 1.28 bits per heavy atom. The molecule has 3 heteroatoms. The van der Waals surface area contributed by atoms with Gasteiger partial charge in [-0.1, -0.05) is 35.0 Å². The first kappa shape index (κ1) is 13.5. The third-order valence-electron chi connectivity index (χ3n) is 2.81. The Morgan fingerprint density at radius 3 is 2.72 bits per heavy atom. The molecule has 0 saturated carbocycles. The zero-order valence-electron chi connectivity index (χ0n) is 10.5. The van der Waals surface area contributed by atoms with Gasteiger partial charge in [0.15, 0.2) is 5.78 Å². The molecule has 0 atom stereocenters. The Kier molecular flexibility index (Phi) is 4.36. The Balaban J connectivity index is 2.29. The van der Waals surface area contributed by atoms with Crippen LogP contribution in [0.1, 0.15) is 35.0 Å². The average Bonchev–Trinajstić information content (AvgIpc) is 2.82. The minimum Gasteiger partial charge on any atom is -0.293 e. The van der Waals surface area contributed by atoms with Crippen LogP contribution in [0.25, 0.3) is 10.4 Å². The number of carbonyl (C=O) groups is 1. The number of halogens is 1. The molecule has 94 valence electrons. The third kappa shape index (κ3) is 2.90. The molecule has 18 heavy (non-hydrogen) atoms. The molecule has 0 saturated heterocycles.